The number of anilines is 3. The highest BCUT2D eigenvalue weighted by atomic mass is 16.5. The molecule has 0 saturated carbocycles. The Morgan fingerprint density at radius 3 is 2.28 bits per heavy atom. The summed E-state index contributed by atoms with van der Waals surface area (Å²) in [6.07, 6.45) is 0. The van der Waals surface area contributed by atoms with Crippen LogP contribution in [0.1, 0.15) is 0 Å². The van der Waals surface area contributed by atoms with E-state index in [-0.39, 0.29) is 12.5 Å². The Balaban J connectivity index is 1.56. The fraction of sp³-hybridized carbons (Fsp3) is 0.105. The van der Waals surface area contributed by atoms with Gasteiger partial charge >= 0.3 is 0 Å². The van der Waals surface area contributed by atoms with Crippen LogP contribution in [0, 0.1) is 0 Å². The molecule has 2 aromatic carbocycles. The van der Waals surface area contributed by atoms with E-state index >= 15 is 0 Å². The first-order chi connectivity index (χ1) is 12.2. The van der Waals surface area contributed by atoms with Gasteiger partial charge in [-0.3, -0.25) is 4.79 Å². The maximum absolute atomic E-state index is 11.9. The molecule has 1 aromatic heterocycles. The summed E-state index contributed by atoms with van der Waals surface area (Å²) in [6, 6.07) is 22.5. The smallest absolute Gasteiger partial charge is 0.263 e. The molecule has 6 heteroatoms. The molecule has 1 heterocycles. The molecule has 1 amide bonds. The van der Waals surface area contributed by atoms with Crippen molar-refractivity contribution in [3.05, 3.63) is 72.8 Å². The van der Waals surface area contributed by atoms with Crippen LogP contribution in [0.15, 0.2) is 72.8 Å². The van der Waals surface area contributed by atoms with Crippen molar-refractivity contribution in [2.24, 2.45) is 0 Å². The lowest BCUT2D eigenvalue weighted by Crippen LogP contribution is -2.21. The normalized spacial score (nSPS) is 10.1. The lowest BCUT2D eigenvalue weighted by atomic mass is 10.3. The maximum Gasteiger partial charge on any atom is 0.263 e. The molecular weight excluding hydrogens is 316 g/mol. The highest BCUT2D eigenvalue weighted by molar-refractivity contribution is 5.90. The second-order valence-electron chi connectivity index (χ2n) is 5.32. The summed E-state index contributed by atoms with van der Waals surface area (Å²) in [5.41, 5.74) is 1.00. The van der Waals surface area contributed by atoms with Gasteiger partial charge in [0.1, 0.15) is 5.75 Å². The molecule has 1 N–H and O–H groups in total. The minimum atomic E-state index is -0.290. The third-order valence-corrected chi connectivity index (χ3v) is 3.52. The fourth-order valence-corrected chi connectivity index (χ4v) is 2.20. The third-order valence-electron chi connectivity index (χ3n) is 3.52. The average Bonchev–Trinajstić information content (AvgIpc) is 2.68. The minimum Gasteiger partial charge on any atom is -0.484 e. The molecule has 0 spiro atoms. The van der Waals surface area contributed by atoms with Crippen molar-refractivity contribution in [1.82, 2.24) is 10.2 Å². The minimum absolute atomic E-state index is 0.0859. The number of aromatic nitrogens is 2. The number of carbonyl (C=O) groups is 1. The summed E-state index contributed by atoms with van der Waals surface area (Å²) in [4.78, 5) is 13.8. The zero-order valence-electron chi connectivity index (χ0n) is 13.8. The van der Waals surface area contributed by atoms with E-state index in [1.165, 1.54) is 0 Å². The van der Waals surface area contributed by atoms with E-state index in [0.29, 0.717) is 17.4 Å². The highest BCUT2D eigenvalue weighted by Gasteiger charge is 2.08. The Bertz CT molecular complexity index is 808. The molecule has 0 radical (unpaired) electrons. The van der Waals surface area contributed by atoms with Crippen LogP contribution < -0.4 is 15.0 Å². The van der Waals surface area contributed by atoms with Crippen LogP contribution >= 0.6 is 0 Å². The number of hydrogen-bond donors (Lipinski definition) is 1. The van der Waals surface area contributed by atoms with Crippen LogP contribution in [-0.4, -0.2) is 29.8 Å². The standard InChI is InChI=1S/C19H18N4O2/c1-23(15-8-4-2-5-9-15)18-13-12-17(21-22-18)20-19(24)14-25-16-10-6-3-7-11-16/h2-13H,14H2,1H3,(H,20,21,24). The quantitative estimate of drug-likeness (QED) is 0.749. The Morgan fingerprint density at radius 2 is 1.64 bits per heavy atom. The Morgan fingerprint density at radius 1 is 0.960 bits per heavy atom. The molecule has 3 rings (SSSR count). The van der Waals surface area contributed by atoms with Gasteiger partial charge in [0, 0.05) is 12.7 Å². The van der Waals surface area contributed by atoms with Crippen molar-refractivity contribution in [1.29, 1.82) is 0 Å². The van der Waals surface area contributed by atoms with Crippen molar-refractivity contribution in [2.75, 3.05) is 23.9 Å². The molecule has 0 aliphatic heterocycles. The van der Waals surface area contributed by atoms with Gasteiger partial charge in [-0.25, -0.2) is 0 Å². The Hall–Kier alpha value is -3.41. The van der Waals surface area contributed by atoms with E-state index in [9.17, 15) is 4.79 Å². The Labute approximate surface area is 146 Å². The van der Waals surface area contributed by atoms with Crippen LogP contribution in [0.25, 0.3) is 0 Å². The van der Waals surface area contributed by atoms with Crippen LogP contribution in [0.4, 0.5) is 17.3 Å². The summed E-state index contributed by atoms with van der Waals surface area (Å²) in [6.45, 7) is -0.0859. The summed E-state index contributed by atoms with van der Waals surface area (Å²) in [5, 5.41) is 10.8. The highest BCUT2D eigenvalue weighted by Crippen LogP contribution is 2.20. The lowest BCUT2D eigenvalue weighted by Gasteiger charge is -2.17. The van der Waals surface area contributed by atoms with Crippen molar-refractivity contribution < 1.29 is 9.53 Å². The topological polar surface area (TPSA) is 67.4 Å². The monoisotopic (exact) mass is 334 g/mol. The molecule has 0 aliphatic rings. The van der Waals surface area contributed by atoms with Gasteiger partial charge in [-0.1, -0.05) is 36.4 Å². The molecule has 3 aromatic rings. The van der Waals surface area contributed by atoms with E-state index in [0.717, 1.165) is 5.69 Å². The number of carbonyl (C=O) groups excluding carboxylic acids is 1. The van der Waals surface area contributed by atoms with Gasteiger partial charge in [0.15, 0.2) is 18.2 Å². The summed E-state index contributed by atoms with van der Waals surface area (Å²) < 4.78 is 5.39. The molecule has 0 atom stereocenters. The lowest BCUT2D eigenvalue weighted by molar-refractivity contribution is -0.118. The first-order valence-electron chi connectivity index (χ1n) is 7.82. The van der Waals surface area contributed by atoms with Crippen molar-refractivity contribution in [2.45, 2.75) is 0 Å². The molecule has 126 valence electrons. The SMILES string of the molecule is CN(c1ccccc1)c1ccc(NC(=O)COc2ccccc2)nn1. The van der Waals surface area contributed by atoms with Crippen LogP contribution in [0.5, 0.6) is 5.75 Å². The number of ether oxygens (including phenoxy) is 1. The zero-order chi connectivity index (χ0) is 17.5. The number of nitrogens with one attached hydrogen (secondary N) is 1. The van der Waals surface area contributed by atoms with E-state index in [1.54, 1.807) is 24.3 Å². The van der Waals surface area contributed by atoms with E-state index in [2.05, 4.69) is 15.5 Å². The van der Waals surface area contributed by atoms with Gasteiger partial charge in [0.25, 0.3) is 5.91 Å². The molecular formula is C19H18N4O2. The summed E-state index contributed by atoms with van der Waals surface area (Å²) in [7, 11) is 1.91. The van der Waals surface area contributed by atoms with Crippen molar-refractivity contribution in [3.8, 4) is 5.75 Å². The van der Waals surface area contributed by atoms with E-state index < -0.39 is 0 Å². The van der Waals surface area contributed by atoms with Gasteiger partial charge in [-0.05, 0) is 36.4 Å². The molecule has 6 nitrogen and oxygen atoms in total. The number of rotatable bonds is 6. The first kappa shape index (κ1) is 16.4. The molecule has 0 aliphatic carbocycles. The van der Waals surface area contributed by atoms with Gasteiger partial charge in [-0.2, -0.15) is 0 Å². The predicted molar refractivity (Wildman–Crippen MR) is 97.1 cm³/mol. The number of amides is 1. The van der Waals surface area contributed by atoms with Gasteiger partial charge in [0.05, 0.1) is 0 Å². The van der Waals surface area contributed by atoms with Gasteiger partial charge in [-0.15, -0.1) is 10.2 Å². The average molecular weight is 334 g/mol. The maximum atomic E-state index is 11.9. The predicted octanol–water partition coefficient (Wildman–Crippen LogP) is 3.26. The molecule has 0 unspecified atom stereocenters. The van der Waals surface area contributed by atoms with Crippen LogP contribution in [-0.2, 0) is 4.79 Å². The molecule has 0 fully saturated rings. The molecule has 25 heavy (non-hydrogen) atoms. The second-order valence-corrected chi connectivity index (χ2v) is 5.32. The summed E-state index contributed by atoms with van der Waals surface area (Å²) in [5.74, 6) is 1.42. The van der Waals surface area contributed by atoms with Gasteiger partial charge in [0.2, 0.25) is 0 Å². The number of para-hydroxylation sites is 2. The second kappa shape index (κ2) is 7.92. The number of hydrogen-bond acceptors (Lipinski definition) is 5. The zero-order valence-corrected chi connectivity index (χ0v) is 13.8. The fourth-order valence-electron chi connectivity index (χ4n) is 2.20. The van der Waals surface area contributed by atoms with Gasteiger partial charge < -0.3 is 15.0 Å². The van der Waals surface area contributed by atoms with E-state index in [4.69, 9.17) is 4.74 Å². The van der Waals surface area contributed by atoms with Crippen molar-refractivity contribution in [3.63, 3.8) is 0 Å². The first-order valence-corrected chi connectivity index (χ1v) is 7.82. The third kappa shape index (κ3) is 4.54. The van der Waals surface area contributed by atoms with E-state index in [1.807, 2.05) is 60.5 Å². The molecule has 0 bridgehead atoms. The number of benzene rings is 2. The van der Waals surface area contributed by atoms with Crippen LogP contribution in [0.2, 0.25) is 0 Å². The number of nitrogens with zero attached hydrogens (tertiary/aromatic N) is 3. The summed E-state index contributed by atoms with van der Waals surface area (Å²) >= 11 is 0. The molecule has 0 saturated heterocycles. The Kier molecular flexibility index (Phi) is 5.21. The van der Waals surface area contributed by atoms with Crippen LogP contribution in [0.3, 0.4) is 0 Å². The largest absolute Gasteiger partial charge is 0.484 e. The van der Waals surface area contributed by atoms with Crippen molar-refractivity contribution >= 4 is 23.2 Å².